The van der Waals surface area contributed by atoms with Crippen molar-refractivity contribution in [3.63, 3.8) is 0 Å². The van der Waals surface area contributed by atoms with Gasteiger partial charge in [0.2, 0.25) is 0 Å². The number of hydrogen-bond acceptors (Lipinski definition) is 1. The molecular weight excluding hydrogens is 502 g/mol. The van der Waals surface area contributed by atoms with Crippen LogP contribution in [-0.4, -0.2) is 0 Å². The molecule has 5 rings (SSSR count). The Morgan fingerprint density at radius 1 is 0.351 bits per heavy atom. The zero-order chi connectivity index (χ0) is 26.1. The molecule has 0 unspecified atom stereocenters. The molecule has 0 atom stereocenters. The number of hydrogen-bond donors (Lipinski definition) is 0. The van der Waals surface area contributed by atoms with Gasteiger partial charge in [0.15, 0.2) is 0 Å². The summed E-state index contributed by atoms with van der Waals surface area (Å²) in [5, 5.41) is 2.06. The minimum absolute atomic E-state index is 0.515. The van der Waals surface area contributed by atoms with Gasteiger partial charge >= 0.3 is 211 Å². The van der Waals surface area contributed by atoms with Crippen molar-refractivity contribution in [2.75, 3.05) is 0 Å². The van der Waals surface area contributed by atoms with Crippen molar-refractivity contribution in [3.05, 3.63) is 150 Å². The van der Waals surface area contributed by atoms with Crippen LogP contribution >= 0.6 is 6.83 Å². The molecule has 0 radical (unpaired) electrons. The summed E-state index contributed by atoms with van der Waals surface area (Å²) in [6.45, 7) is -4.69. The van der Waals surface area contributed by atoms with Crippen molar-refractivity contribution >= 4 is 28.0 Å². The van der Waals surface area contributed by atoms with Gasteiger partial charge in [-0.15, -0.1) is 0 Å². The average molecular weight is 522 g/mol. The van der Waals surface area contributed by atoms with Crippen molar-refractivity contribution < 1.29 is 26.5 Å². The Bertz CT molecular complexity index is 1350. The van der Waals surface area contributed by atoms with E-state index >= 15 is 8.78 Å². The Kier molecular flexibility index (Phi) is 6.30. The zero-order valence-corrected chi connectivity index (χ0v) is 20.2. The van der Waals surface area contributed by atoms with Crippen molar-refractivity contribution in [1.29, 1.82) is 0 Å². The van der Waals surface area contributed by atoms with E-state index < -0.39 is 41.7 Å². The summed E-state index contributed by atoms with van der Waals surface area (Å²) >= 11 is 0. The predicted octanol–water partition coefficient (Wildman–Crippen LogP) is 6.53. The molecule has 0 aliphatic rings. The van der Waals surface area contributed by atoms with Crippen molar-refractivity contribution in [1.82, 2.24) is 0 Å². The summed E-state index contributed by atoms with van der Waals surface area (Å²) in [7, 11) is 0. The third-order valence-electron chi connectivity index (χ3n) is 6.44. The fourth-order valence-electron chi connectivity index (χ4n) is 4.80. The standard InChI is InChI=1S/C30H20F5OP/c31-25-26(32)28(34)30(29(35)27(25)33)36-37(21-13-5-1-6-14-21,22-15-7-2-8-16-22,23-17-9-3-10-18-23)24-19-11-4-12-20-24/h1-20H. The monoisotopic (exact) mass is 522 g/mol. The van der Waals surface area contributed by atoms with E-state index in [2.05, 4.69) is 0 Å². The molecule has 0 heterocycles. The third kappa shape index (κ3) is 3.55. The van der Waals surface area contributed by atoms with E-state index in [4.69, 9.17) is 4.52 Å². The van der Waals surface area contributed by atoms with Crippen LogP contribution in [0.4, 0.5) is 22.0 Å². The quantitative estimate of drug-likeness (QED) is 0.107. The van der Waals surface area contributed by atoms with E-state index in [0.29, 0.717) is 21.2 Å². The molecular formula is C30H20F5OP. The van der Waals surface area contributed by atoms with Gasteiger partial charge in [0, 0.05) is 0 Å². The molecule has 0 aliphatic heterocycles. The van der Waals surface area contributed by atoms with Crippen LogP contribution in [0.5, 0.6) is 5.75 Å². The van der Waals surface area contributed by atoms with Crippen LogP contribution in [-0.2, 0) is 0 Å². The third-order valence-corrected chi connectivity index (χ3v) is 12.1. The molecule has 0 fully saturated rings. The van der Waals surface area contributed by atoms with Gasteiger partial charge in [0.1, 0.15) is 0 Å². The Balaban J connectivity index is 2.07. The fourth-order valence-corrected chi connectivity index (χ4v) is 10.5. The molecule has 0 N–H and O–H groups in total. The van der Waals surface area contributed by atoms with E-state index in [1.807, 2.05) is 0 Å². The molecule has 0 bridgehead atoms. The maximum atomic E-state index is 15.3. The van der Waals surface area contributed by atoms with Crippen molar-refractivity contribution in [3.8, 4) is 5.75 Å². The molecule has 0 aliphatic carbocycles. The van der Waals surface area contributed by atoms with Gasteiger partial charge in [-0.05, 0) is 0 Å². The molecule has 0 saturated carbocycles. The minimum atomic E-state index is -4.69. The maximum absolute atomic E-state index is 15.3. The molecule has 0 saturated heterocycles. The summed E-state index contributed by atoms with van der Waals surface area (Å²) in [5.41, 5.74) is 0. The second-order valence-electron chi connectivity index (χ2n) is 8.37. The van der Waals surface area contributed by atoms with Crippen LogP contribution in [0.2, 0.25) is 0 Å². The van der Waals surface area contributed by atoms with Crippen LogP contribution in [0, 0.1) is 29.1 Å². The SMILES string of the molecule is Fc1c(F)c(F)c(OP(c2ccccc2)(c2ccccc2)(c2ccccc2)c2ccccc2)c(F)c1F. The van der Waals surface area contributed by atoms with Gasteiger partial charge in [-0.3, -0.25) is 0 Å². The van der Waals surface area contributed by atoms with Gasteiger partial charge < -0.3 is 0 Å². The van der Waals surface area contributed by atoms with E-state index in [1.165, 1.54) is 0 Å². The van der Waals surface area contributed by atoms with E-state index in [0.717, 1.165) is 0 Å². The van der Waals surface area contributed by atoms with Crippen LogP contribution in [0.15, 0.2) is 121 Å². The van der Waals surface area contributed by atoms with Crippen LogP contribution < -0.4 is 25.7 Å². The van der Waals surface area contributed by atoms with Crippen LogP contribution in [0.1, 0.15) is 0 Å². The summed E-state index contributed by atoms with van der Waals surface area (Å²) in [4.78, 5) is 0. The first-order chi connectivity index (χ1) is 17.9. The number of halogens is 5. The summed E-state index contributed by atoms with van der Waals surface area (Å²) in [6.07, 6.45) is 0. The van der Waals surface area contributed by atoms with Gasteiger partial charge in [0.05, 0.1) is 0 Å². The van der Waals surface area contributed by atoms with Gasteiger partial charge in [-0.1, -0.05) is 0 Å². The summed E-state index contributed by atoms with van der Waals surface area (Å²) < 4.78 is 80.2. The van der Waals surface area contributed by atoms with E-state index in [9.17, 15) is 13.2 Å². The molecule has 5 aromatic carbocycles. The van der Waals surface area contributed by atoms with E-state index in [1.54, 1.807) is 121 Å². The molecule has 1 nitrogen and oxygen atoms in total. The zero-order valence-electron chi connectivity index (χ0n) is 19.3. The van der Waals surface area contributed by atoms with Gasteiger partial charge in [-0.2, -0.15) is 0 Å². The summed E-state index contributed by atoms with van der Waals surface area (Å²) in [5.74, 6) is -11.8. The van der Waals surface area contributed by atoms with Crippen molar-refractivity contribution in [2.24, 2.45) is 0 Å². The van der Waals surface area contributed by atoms with E-state index in [-0.39, 0.29) is 0 Å². The molecule has 0 spiro atoms. The Hall–Kier alpha value is -4.02. The molecule has 37 heavy (non-hydrogen) atoms. The van der Waals surface area contributed by atoms with Gasteiger partial charge in [-0.25, -0.2) is 0 Å². The molecule has 7 heteroatoms. The molecule has 5 aromatic rings. The second-order valence-corrected chi connectivity index (χ2v) is 12.7. The van der Waals surface area contributed by atoms with Crippen LogP contribution in [0.25, 0.3) is 0 Å². The van der Waals surface area contributed by atoms with Crippen LogP contribution in [0.3, 0.4) is 0 Å². The molecule has 186 valence electrons. The number of rotatable bonds is 6. The second kappa shape index (κ2) is 9.45. The Labute approximate surface area is 210 Å². The Morgan fingerprint density at radius 2 is 0.595 bits per heavy atom. The Morgan fingerprint density at radius 3 is 0.865 bits per heavy atom. The average Bonchev–Trinajstić information content (AvgIpc) is 2.97. The fraction of sp³-hybridized carbons (Fsp3) is 0. The predicted molar refractivity (Wildman–Crippen MR) is 138 cm³/mol. The first kappa shape index (κ1) is 24.7. The number of benzene rings is 5. The van der Waals surface area contributed by atoms with Gasteiger partial charge in [0.25, 0.3) is 0 Å². The normalized spacial score (nSPS) is 12.5. The first-order valence-electron chi connectivity index (χ1n) is 11.4. The molecule has 0 amide bonds. The topological polar surface area (TPSA) is 9.23 Å². The molecule has 0 aromatic heterocycles. The first-order valence-corrected chi connectivity index (χ1v) is 13.5. The summed E-state index contributed by atoms with van der Waals surface area (Å²) in [6, 6.07) is 35.0. The van der Waals surface area contributed by atoms with Crippen molar-refractivity contribution in [2.45, 2.75) is 0 Å².